The van der Waals surface area contributed by atoms with Gasteiger partial charge < -0.3 is 5.73 Å². The second-order valence-electron chi connectivity index (χ2n) is 3.46. The van der Waals surface area contributed by atoms with Gasteiger partial charge in [-0.1, -0.05) is 0 Å². The van der Waals surface area contributed by atoms with Crippen LogP contribution in [0.15, 0.2) is 0 Å². The lowest BCUT2D eigenvalue weighted by Crippen LogP contribution is -2.35. The van der Waals surface area contributed by atoms with Crippen molar-refractivity contribution in [3.63, 3.8) is 0 Å². The Kier molecular flexibility index (Phi) is 6.95. The van der Waals surface area contributed by atoms with Crippen molar-refractivity contribution in [3.8, 4) is 0 Å². The van der Waals surface area contributed by atoms with Crippen LogP contribution < -0.4 is 5.73 Å². The first-order valence-corrected chi connectivity index (χ1v) is 6.79. The van der Waals surface area contributed by atoms with Crippen molar-refractivity contribution in [3.05, 3.63) is 0 Å². The van der Waals surface area contributed by atoms with Gasteiger partial charge in [0.15, 0.2) is 0 Å². The number of halogens is 2. The molecule has 0 aromatic rings. The number of alkyl halides is 2. The van der Waals surface area contributed by atoms with E-state index in [1.54, 1.807) is 0 Å². The summed E-state index contributed by atoms with van der Waals surface area (Å²) in [5.74, 6) is 0.0251. The molecule has 0 heterocycles. The van der Waals surface area contributed by atoms with Crippen LogP contribution in [-0.2, 0) is 9.84 Å². The van der Waals surface area contributed by atoms with Crippen molar-refractivity contribution in [2.24, 2.45) is 5.73 Å². The van der Waals surface area contributed by atoms with Gasteiger partial charge in [-0.25, -0.2) is 17.2 Å². The number of hydrogen-bond acceptors (Lipinski definition) is 4. The molecule has 0 saturated carbocycles. The van der Waals surface area contributed by atoms with Crippen LogP contribution in [0, 0.1) is 0 Å². The highest BCUT2D eigenvalue weighted by Gasteiger charge is 2.12. The van der Waals surface area contributed by atoms with Gasteiger partial charge in [-0.05, 0) is 13.0 Å². The van der Waals surface area contributed by atoms with Crippen LogP contribution in [0.1, 0.15) is 6.42 Å². The second-order valence-corrected chi connectivity index (χ2v) is 5.72. The topological polar surface area (TPSA) is 63.4 Å². The Morgan fingerprint density at radius 1 is 1.33 bits per heavy atom. The van der Waals surface area contributed by atoms with E-state index in [9.17, 15) is 17.2 Å². The van der Waals surface area contributed by atoms with E-state index in [-0.39, 0.29) is 12.3 Å². The normalized spacial score (nSPS) is 12.7. The standard InChI is InChI=1S/C8H18F2N2O2S/c1-15(13,14)6-2-4-12(5-3-11)7-8(9)10/h8H,2-7,11H2,1H3. The molecule has 0 amide bonds. The van der Waals surface area contributed by atoms with Crippen molar-refractivity contribution >= 4 is 9.84 Å². The lowest BCUT2D eigenvalue weighted by atomic mass is 10.4. The van der Waals surface area contributed by atoms with Gasteiger partial charge in [0.05, 0.1) is 12.3 Å². The second kappa shape index (κ2) is 7.08. The van der Waals surface area contributed by atoms with Crippen LogP contribution in [0.2, 0.25) is 0 Å². The van der Waals surface area contributed by atoms with E-state index in [1.165, 1.54) is 4.90 Å². The molecule has 0 aromatic heterocycles. The van der Waals surface area contributed by atoms with E-state index in [4.69, 9.17) is 5.73 Å². The van der Waals surface area contributed by atoms with Gasteiger partial charge in [0.1, 0.15) is 9.84 Å². The quantitative estimate of drug-likeness (QED) is 0.650. The third-order valence-electron chi connectivity index (χ3n) is 1.83. The van der Waals surface area contributed by atoms with Crippen LogP contribution in [-0.4, -0.2) is 57.9 Å². The molecule has 92 valence electrons. The first-order valence-electron chi connectivity index (χ1n) is 4.73. The highest BCUT2D eigenvalue weighted by atomic mass is 32.2. The summed E-state index contributed by atoms with van der Waals surface area (Å²) >= 11 is 0. The van der Waals surface area contributed by atoms with E-state index >= 15 is 0 Å². The molecule has 0 fully saturated rings. The molecule has 0 bridgehead atoms. The Morgan fingerprint density at radius 2 is 1.93 bits per heavy atom. The molecule has 2 N–H and O–H groups in total. The highest BCUT2D eigenvalue weighted by Crippen LogP contribution is 2.00. The molecule has 0 atom stereocenters. The number of hydrogen-bond donors (Lipinski definition) is 1. The summed E-state index contributed by atoms with van der Waals surface area (Å²) < 4.78 is 45.7. The molecule has 7 heteroatoms. The fourth-order valence-electron chi connectivity index (χ4n) is 1.22. The van der Waals surface area contributed by atoms with E-state index < -0.39 is 16.3 Å². The third-order valence-corrected chi connectivity index (χ3v) is 2.86. The average molecular weight is 244 g/mol. The van der Waals surface area contributed by atoms with Gasteiger partial charge in [-0.2, -0.15) is 0 Å². The summed E-state index contributed by atoms with van der Waals surface area (Å²) in [5, 5.41) is 0. The van der Waals surface area contributed by atoms with Crippen LogP contribution >= 0.6 is 0 Å². The lowest BCUT2D eigenvalue weighted by Gasteiger charge is -2.20. The predicted molar refractivity (Wildman–Crippen MR) is 55.8 cm³/mol. The Bertz CT molecular complexity index is 257. The smallest absolute Gasteiger partial charge is 0.251 e. The number of sulfone groups is 1. The summed E-state index contributed by atoms with van der Waals surface area (Å²) in [6.45, 7) is 0.662. The summed E-state index contributed by atoms with van der Waals surface area (Å²) in [5.41, 5.74) is 5.26. The summed E-state index contributed by atoms with van der Waals surface area (Å²) in [6.07, 6.45) is -0.909. The van der Waals surface area contributed by atoms with Gasteiger partial charge in [0, 0.05) is 19.3 Å². The molecule has 0 aliphatic heterocycles. The van der Waals surface area contributed by atoms with E-state index in [1.807, 2.05) is 0 Å². The molecular weight excluding hydrogens is 226 g/mol. The Hall–Kier alpha value is -0.270. The van der Waals surface area contributed by atoms with Crippen LogP contribution in [0.4, 0.5) is 8.78 Å². The molecule has 0 aliphatic rings. The van der Waals surface area contributed by atoms with Crippen LogP contribution in [0.5, 0.6) is 0 Å². The first-order chi connectivity index (χ1) is 6.85. The fourth-order valence-corrected chi connectivity index (χ4v) is 1.88. The minimum Gasteiger partial charge on any atom is -0.329 e. The minimum absolute atomic E-state index is 0.0251. The zero-order valence-corrected chi connectivity index (χ0v) is 9.64. The maximum atomic E-state index is 12.1. The van der Waals surface area contributed by atoms with Crippen molar-refractivity contribution < 1.29 is 17.2 Å². The van der Waals surface area contributed by atoms with Gasteiger partial charge in [0.25, 0.3) is 6.43 Å². The van der Waals surface area contributed by atoms with Gasteiger partial charge in [0.2, 0.25) is 0 Å². The molecule has 0 spiro atoms. The molecule has 0 aliphatic carbocycles. The third kappa shape index (κ3) is 10.0. The lowest BCUT2D eigenvalue weighted by molar-refractivity contribution is 0.0898. The van der Waals surface area contributed by atoms with Crippen LogP contribution in [0.3, 0.4) is 0 Å². The van der Waals surface area contributed by atoms with Gasteiger partial charge >= 0.3 is 0 Å². The molecule has 0 unspecified atom stereocenters. The minimum atomic E-state index is -3.01. The van der Waals surface area contributed by atoms with Crippen LogP contribution in [0.25, 0.3) is 0 Å². The maximum Gasteiger partial charge on any atom is 0.251 e. The van der Waals surface area contributed by atoms with E-state index in [2.05, 4.69) is 0 Å². The monoisotopic (exact) mass is 244 g/mol. The Balaban J connectivity index is 3.85. The summed E-state index contributed by atoms with van der Waals surface area (Å²) in [4.78, 5) is 1.48. The number of nitrogens with two attached hydrogens (primary N) is 1. The van der Waals surface area contributed by atoms with Crippen molar-refractivity contribution in [2.45, 2.75) is 12.8 Å². The maximum absolute atomic E-state index is 12.1. The molecule has 0 radical (unpaired) electrons. The molecular formula is C8H18F2N2O2S. The van der Waals surface area contributed by atoms with Gasteiger partial charge in [-0.3, -0.25) is 4.90 Å². The zero-order chi connectivity index (χ0) is 11.9. The largest absolute Gasteiger partial charge is 0.329 e. The fraction of sp³-hybridized carbons (Fsp3) is 1.00. The molecule has 0 aromatic carbocycles. The summed E-state index contributed by atoms with van der Waals surface area (Å²) in [7, 11) is -3.01. The molecule has 0 saturated heterocycles. The number of rotatable bonds is 8. The summed E-state index contributed by atoms with van der Waals surface area (Å²) in [6, 6.07) is 0. The zero-order valence-electron chi connectivity index (χ0n) is 8.83. The Morgan fingerprint density at radius 3 is 2.33 bits per heavy atom. The highest BCUT2D eigenvalue weighted by molar-refractivity contribution is 7.90. The van der Waals surface area contributed by atoms with Crippen molar-refractivity contribution in [2.75, 3.05) is 38.2 Å². The van der Waals surface area contributed by atoms with E-state index in [0.29, 0.717) is 26.1 Å². The van der Waals surface area contributed by atoms with Crippen molar-refractivity contribution in [1.82, 2.24) is 4.90 Å². The molecule has 4 nitrogen and oxygen atoms in total. The average Bonchev–Trinajstić information content (AvgIpc) is 2.00. The van der Waals surface area contributed by atoms with Crippen molar-refractivity contribution in [1.29, 1.82) is 0 Å². The number of nitrogens with zero attached hydrogens (tertiary/aromatic N) is 1. The van der Waals surface area contributed by atoms with Gasteiger partial charge in [-0.15, -0.1) is 0 Å². The van der Waals surface area contributed by atoms with E-state index in [0.717, 1.165) is 6.26 Å². The SMILES string of the molecule is CS(=O)(=O)CCCN(CCN)CC(F)F. The Labute approximate surface area is 89.4 Å². The predicted octanol–water partition coefficient (Wildman–Crippen LogP) is -0.0531. The first kappa shape index (κ1) is 14.7. The molecule has 0 rings (SSSR count). The molecule has 15 heavy (non-hydrogen) atoms.